The number of aliphatic hydroxyl groups is 1. The molecule has 72 valence electrons. The van der Waals surface area contributed by atoms with E-state index >= 15 is 0 Å². The molecule has 2 nitrogen and oxygen atoms in total. The molecule has 0 amide bonds. The van der Waals surface area contributed by atoms with Crippen LogP contribution < -0.4 is 0 Å². The second kappa shape index (κ2) is 8.75. The average molecular weight is 172 g/mol. The molecule has 0 aliphatic rings. The minimum Gasteiger partial charge on any atom is -0.393 e. The highest BCUT2D eigenvalue weighted by atomic mass is 16.5. The number of unbranched alkanes of at least 4 members (excludes halogenated alkanes) is 1. The van der Waals surface area contributed by atoms with Crippen molar-refractivity contribution in [3.8, 4) is 0 Å². The Balaban J connectivity index is 3.02. The van der Waals surface area contributed by atoms with Gasteiger partial charge in [-0.15, -0.1) is 6.58 Å². The van der Waals surface area contributed by atoms with Crippen LogP contribution in [0.25, 0.3) is 0 Å². The summed E-state index contributed by atoms with van der Waals surface area (Å²) in [6.45, 7) is 7.17. The second-order valence-corrected chi connectivity index (χ2v) is 2.93. The first-order valence-electron chi connectivity index (χ1n) is 4.68. The van der Waals surface area contributed by atoms with Crippen LogP contribution in [0.4, 0.5) is 0 Å². The molecule has 0 fully saturated rings. The Morgan fingerprint density at radius 2 is 2.25 bits per heavy atom. The first-order valence-corrected chi connectivity index (χ1v) is 4.68. The van der Waals surface area contributed by atoms with Crippen LogP contribution in [-0.4, -0.2) is 24.4 Å². The quantitative estimate of drug-likeness (QED) is 0.449. The Morgan fingerprint density at radius 1 is 1.50 bits per heavy atom. The van der Waals surface area contributed by atoms with Crippen molar-refractivity contribution < 1.29 is 9.84 Å². The molecule has 12 heavy (non-hydrogen) atoms. The van der Waals surface area contributed by atoms with Gasteiger partial charge in [-0.1, -0.05) is 19.4 Å². The first kappa shape index (κ1) is 11.7. The molecule has 0 saturated carbocycles. The van der Waals surface area contributed by atoms with Gasteiger partial charge in [-0.25, -0.2) is 0 Å². The maximum atomic E-state index is 9.25. The number of hydrogen-bond acceptors (Lipinski definition) is 2. The largest absolute Gasteiger partial charge is 0.393 e. The standard InChI is InChI=1S/C10H20O2/c1-3-5-8-12-9-7-10(11)6-4-2/h4,10-11H,2-3,5-9H2,1H3. The molecule has 0 aliphatic heterocycles. The van der Waals surface area contributed by atoms with Gasteiger partial charge in [0.15, 0.2) is 0 Å². The van der Waals surface area contributed by atoms with E-state index in [2.05, 4.69) is 13.5 Å². The fraction of sp³-hybridized carbons (Fsp3) is 0.800. The van der Waals surface area contributed by atoms with Crippen LogP contribution in [0.15, 0.2) is 12.7 Å². The highest BCUT2D eigenvalue weighted by Crippen LogP contribution is 1.99. The maximum absolute atomic E-state index is 9.25. The molecule has 0 aromatic carbocycles. The maximum Gasteiger partial charge on any atom is 0.0596 e. The van der Waals surface area contributed by atoms with Crippen LogP contribution in [-0.2, 0) is 4.74 Å². The second-order valence-electron chi connectivity index (χ2n) is 2.93. The Hall–Kier alpha value is -0.340. The van der Waals surface area contributed by atoms with Crippen LogP contribution in [0.1, 0.15) is 32.6 Å². The summed E-state index contributed by atoms with van der Waals surface area (Å²) >= 11 is 0. The van der Waals surface area contributed by atoms with Crippen LogP contribution in [0.3, 0.4) is 0 Å². The molecular weight excluding hydrogens is 152 g/mol. The van der Waals surface area contributed by atoms with Crippen LogP contribution >= 0.6 is 0 Å². The number of aliphatic hydroxyl groups excluding tert-OH is 1. The summed E-state index contributed by atoms with van der Waals surface area (Å²) in [6, 6.07) is 0. The van der Waals surface area contributed by atoms with Gasteiger partial charge >= 0.3 is 0 Å². The van der Waals surface area contributed by atoms with Gasteiger partial charge in [0.25, 0.3) is 0 Å². The third-order valence-corrected chi connectivity index (χ3v) is 1.68. The predicted octanol–water partition coefficient (Wildman–Crippen LogP) is 2.13. The molecule has 0 bridgehead atoms. The Morgan fingerprint density at radius 3 is 2.83 bits per heavy atom. The van der Waals surface area contributed by atoms with Gasteiger partial charge in [0, 0.05) is 13.2 Å². The van der Waals surface area contributed by atoms with Crippen molar-refractivity contribution in [3.05, 3.63) is 12.7 Å². The Kier molecular flexibility index (Phi) is 8.51. The lowest BCUT2D eigenvalue weighted by atomic mass is 10.2. The van der Waals surface area contributed by atoms with Crippen molar-refractivity contribution in [3.63, 3.8) is 0 Å². The van der Waals surface area contributed by atoms with Gasteiger partial charge in [0.05, 0.1) is 6.10 Å². The molecular formula is C10H20O2. The topological polar surface area (TPSA) is 29.5 Å². The molecule has 1 N–H and O–H groups in total. The summed E-state index contributed by atoms with van der Waals surface area (Å²) in [5.74, 6) is 0. The Bertz CT molecular complexity index is 102. The van der Waals surface area contributed by atoms with Crippen LogP contribution in [0.2, 0.25) is 0 Å². The van der Waals surface area contributed by atoms with Gasteiger partial charge in [0.2, 0.25) is 0 Å². The van der Waals surface area contributed by atoms with Crippen molar-refractivity contribution in [2.24, 2.45) is 0 Å². The zero-order valence-electron chi connectivity index (χ0n) is 7.96. The molecule has 1 atom stereocenters. The third kappa shape index (κ3) is 7.76. The summed E-state index contributed by atoms with van der Waals surface area (Å²) < 4.78 is 5.30. The van der Waals surface area contributed by atoms with Gasteiger partial charge in [-0.3, -0.25) is 0 Å². The van der Waals surface area contributed by atoms with Gasteiger partial charge < -0.3 is 9.84 Å². The summed E-state index contributed by atoms with van der Waals surface area (Å²) in [5, 5.41) is 9.25. The van der Waals surface area contributed by atoms with Crippen molar-refractivity contribution in [1.82, 2.24) is 0 Å². The van der Waals surface area contributed by atoms with E-state index in [0.29, 0.717) is 13.0 Å². The van der Waals surface area contributed by atoms with E-state index in [4.69, 9.17) is 4.74 Å². The lowest BCUT2D eigenvalue weighted by Crippen LogP contribution is -2.09. The molecule has 1 unspecified atom stereocenters. The van der Waals surface area contributed by atoms with E-state index in [1.165, 1.54) is 0 Å². The molecule has 0 aromatic heterocycles. The van der Waals surface area contributed by atoms with E-state index in [0.717, 1.165) is 25.9 Å². The van der Waals surface area contributed by atoms with E-state index in [9.17, 15) is 5.11 Å². The van der Waals surface area contributed by atoms with Gasteiger partial charge in [-0.05, 0) is 19.3 Å². The SMILES string of the molecule is C=CCC(O)CCOCCCC. The highest BCUT2D eigenvalue weighted by Gasteiger charge is 1.99. The van der Waals surface area contributed by atoms with Crippen molar-refractivity contribution in [1.29, 1.82) is 0 Å². The molecule has 2 heteroatoms. The molecule has 0 aromatic rings. The minimum absolute atomic E-state index is 0.274. The van der Waals surface area contributed by atoms with E-state index in [1.807, 2.05) is 0 Å². The lowest BCUT2D eigenvalue weighted by molar-refractivity contribution is 0.0818. The monoisotopic (exact) mass is 172 g/mol. The van der Waals surface area contributed by atoms with Gasteiger partial charge in [-0.2, -0.15) is 0 Å². The Labute approximate surface area is 75.2 Å². The summed E-state index contributed by atoms with van der Waals surface area (Å²) in [5.41, 5.74) is 0. The van der Waals surface area contributed by atoms with Crippen molar-refractivity contribution in [2.75, 3.05) is 13.2 Å². The molecule has 0 rings (SSSR count). The van der Waals surface area contributed by atoms with E-state index in [-0.39, 0.29) is 6.10 Å². The van der Waals surface area contributed by atoms with Crippen molar-refractivity contribution in [2.45, 2.75) is 38.7 Å². The van der Waals surface area contributed by atoms with Crippen LogP contribution in [0, 0.1) is 0 Å². The number of ether oxygens (including phenoxy) is 1. The van der Waals surface area contributed by atoms with Crippen LogP contribution in [0.5, 0.6) is 0 Å². The van der Waals surface area contributed by atoms with E-state index in [1.54, 1.807) is 6.08 Å². The zero-order chi connectivity index (χ0) is 9.23. The molecule has 0 aliphatic carbocycles. The predicted molar refractivity (Wildman–Crippen MR) is 51.2 cm³/mol. The minimum atomic E-state index is -0.274. The fourth-order valence-electron chi connectivity index (χ4n) is 0.878. The summed E-state index contributed by atoms with van der Waals surface area (Å²) in [7, 11) is 0. The highest BCUT2D eigenvalue weighted by molar-refractivity contribution is 4.71. The number of rotatable bonds is 8. The first-order chi connectivity index (χ1) is 5.81. The summed E-state index contributed by atoms with van der Waals surface area (Å²) in [6.07, 6.45) is 5.11. The average Bonchev–Trinajstić information content (AvgIpc) is 2.05. The summed E-state index contributed by atoms with van der Waals surface area (Å²) in [4.78, 5) is 0. The molecule has 0 radical (unpaired) electrons. The fourth-order valence-corrected chi connectivity index (χ4v) is 0.878. The molecule has 0 saturated heterocycles. The smallest absolute Gasteiger partial charge is 0.0596 e. The van der Waals surface area contributed by atoms with Gasteiger partial charge in [0.1, 0.15) is 0 Å². The molecule has 0 spiro atoms. The zero-order valence-corrected chi connectivity index (χ0v) is 7.96. The third-order valence-electron chi connectivity index (χ3n) is 1.68. The van der Waals surface area contributed by atoms with Crippen molar-refractivity contribution >= 4 is 0 Å². The lowest BCUT2D eigenvalue weighted by Gasteiger charge is -2.07. The number of hydrogen-bond donors (Lipinski definition) is 1. The van der Waals surface area contributed by atoms with E-state index < -0.39 is 0 Å². The normalized spacial score (nSPS) is 12.8. The molecule has 0 heterocycles.